The van der Waals surface area contributed by atoms with Crippen LogP contribution in [-0.2, 0) is 4.79 Å². The monoisotopic (exact) mass is 547 g/mol. The van der Waals surface area contributed by atoms with E-state index in [0.29, 0.717) is 11.3 Å². The molecule has 2 N–H and O–H groups in total. The van der Waals surface area contributed by atoms with E-state index in [1.54, 1.807) is 12.1 Å². The maximum atomic E-state index is 12.1. The fraction of sp³-hybridized carbons (Fsp3) is 0.217. The largest absolute Gasteiger partial charge is 0.507 e. The van der Waals surface area contributed by atoms with Crippen molar-refractivity contribution in [1.29, 1.82) is 0 Å². The molecule has 0 heterocycles. The van der Waals surface area contributed by atoms with E-state index in [9.17, 15) is 9.90 Å². The molecular formula is C23H23Br2N3O3. The zero-order valence-electron chi connectivity index (χ0n) is 17.2. The fourth-order valence-corrected chi connectivity index (χ4v) is 4.12. The Kier molecular flexibility index (Phi) is 7.92. The predicted molar refractivity (Wildman–Crippen MR) is 132 cm³/mol. The highest BCUT2D eigenvalue weighted by molar-refractivity contribution is 9.11. The highest BCUT2D eigenvalue weighted by atomic mass is 79.9. The van der Waals surface area contributed by atoms with Crippen LogP contribution in [0.15, 0.2) is 62.6 Å². The Morgan fingerprint density at radius 1 is 1.13 bits per heavy atom. The molecule has 0 fully saturated rings. The van der Waals surface area contributed by atoms with E-state index < -0.39 is 5.91 Å². The Hall–Kier alpha value is -2.58. The van der Waals surface area contributed by atoms with Crippen molar-refractivity contribution in [2.75, 3.05) is 24.6 Å². The number of phenolic OH excluding ortho intramolecular Hbond substituents is 1. The Balaban J connectivity index is 1.58. The van der Waals surface area contributed by atoms with E-state index in [2.05, 4.69) is 61.1 Å². The highest BCUT2D eigenvalue weighted by Gasteiger charge is 2.09. The third-order valence-electron chi connectivity index (χ3n) is 4.77. The van der Waals surface area contributed by atoms with Crippen LogP contribution in [0.4, 0.5) is 5.69 Å². The number of hydrazone groups is 1. The summed E-state index contributed by atoms with van der Waals surface area (Å²) in [5.41, 5.74) is 3.86. The van der Waals surface area contributed by atoms with Crippen molar-refractivity contribution < 1.29 is 14.6 Å². The van der Waals surface area contributed by atoms with E-state index in [0.717, 1.165) is 38.5 Å². The third-order valence-corrected chi connectivity index (χ3v) is 6.09. The Morgan fingerprint density at radius 3 is 2.61 bits per heavy atom. The number of rotatable bonds is 8. The predicted octanol–water partition coefficient (Wildman–Crippen LogP) is 5.45. The first-order chi connectivity index (χ1) is 14.9. The van der Waals surface area contributed by atoms with Crippen LogP contribution in [0, 0.1) is 0 Å². The molecular weight excluding hydrogens is 526 g/mol. The van der Waals surface area contributed by atoms with Gasteiger partial charge in [-0.2, -0.15) is 5.10 Å². The van der Waals surface area contributed by atoms with Gasteiger partial charge in [0.1, 0.15) is 11.5 Å². The minimum atomic E-state index is -0.404. The quantitative estimate of drug-likeness (QED) is 0.290. The number of nitrogens with one attached hydrogen (secondary N) is 1. The topological polar surface area (TPSA) is 74.2 Å². The molecule has 31 heavy (non-hydrogen) atoms. The lowest BCUT2D eigenvalue weighted by molar-refractivity contribution is -0.123. The molecule has 3 aromatic rings. The number of carbonyl (C=O) groups excluding carboxylic acids is 1. The summed E-state index contributed by atoms with van der Waals surface area (Å²) in [6.45, 7) is 5.63. The van der Waals surface area contributed by atoms with Crippen LogP contribution < -0.4 is 15.1 Å². The number of ether oxygens (including phenoxy) is 1. The summed E-state index contributed by atoms with van der Waals surface area (Å²) >= 11 is 7.00. The Bertz CT molecular complexity index is 1110. The number of carbonyl (C=O) groups is 1. The van der Waals surface area contributed by atoms with Gasteiger partial charge in [-0.15, -0.1) is 0 Å². The first-order valence-corrected chi connectivity index (χ1v) is 11.4. The number of hydrogen-bond acceptors (Lipinski definition) is 5. The van der Waals surface area contributed by atoms with Crippen LogP contribution in [0.3, 0.4) is 0 Å². The molecule has 0 aliphatic heterocycles. The zero-order valence-corrected chi connectivity index (χ0v) is 20.4. The summed E-state index contributed by atoms with van der Waals surface area (Å²) < 4.78 is 7.41. The number of hydrogen-bond donors (Lipinski definition) is 2. The van der Waals surface area contributed by atoms with Gasteiger partial charge >= 0.3 is 0 Å². The van der Waals surface area contributed by atoms with Gasteiger partial charge in [-0.3, -0.25) is 4.79 Å². The van der Waals surface area contributed by atoms with Crippen LogP contribution in [-0.4, -0.2) is 36.9 Å². The van der Waals surface area contributed by atoms with Gasteiger partial charge in [0.05, 0.1) is 10.7 Å². The third kappa shape index (κ3) is 5.77. The molecule has 0 radical (unpaired) electrons. The molecule has 3 aromatic carbocycles. The molecule has 0 saturated carbocycles. The van der Waals surface area contributed by atoms with Gasteiger partial charge in [0, 0.05) is 34.9 Å². The van der Waals surface area contributed by atoms with Crippen molar-refractivity contribution in [3.63, 3.8) is 0 Å². The first kappa shape index (κ1) is 23.1. The van der Waals surface area contributed by atoms with Gasteiger partial charge in [0.2, 0.25) is 0 Å². The summed E-state index contributed by atoms with van der Waals surface area (Å²) in [4.78, 5) is 14.2. The lowest BCUT2D eigenvalue weighted by Gasteiger charge is -2.21. The van der Waals surface area contributed by atoms with Crippen LogP contribution >= 0.6 is 31.9 Å². The molecule has 0 atom stereocenters. The molecule has 0 aromatic heterocycles. The number of anilines is 1. The summed E-state index contributed by atoms with van der Waals surface area (Å²) in [6, 6.07) is 15.0. The number of fused-ring (bicyclic) bond motifs is 1. The number of aromatic hydroxyl groups is 1. The average molecular weight is 549 g/mol. The standard InChI is InChI=1S/C23H23Br2N3O3/c1-3-28(4-2)18-8-5-16(20(29)12-18)13-26-27-22(30)14-31-21-10-6-15-11-17(24)7-9-19(15)23(21)25/h5-13,29H,3-4,14H2,1-2H3,(H,27,30)/b26-13+. The van der Waals surface area contributed by atoms with Crippen LogP contribution in [0.2, 0.25) is 0 Å². The second-order valence-corrected chi connectivity index (χ2v) is 8.45. The number of phenols is 1. The SMILES string of the molecule is CCN(CC)c1ccc(/C=N/NC(=O)COc2ccc3cc(Br)ccc3c2Br)c(O)c1. The van der Waals surface area contributed by atoms with Crippen molar-refractivity contribution in [3.8, 4) is 11.5 Å². The maximum absolute atomic E-state index is 12.1. The minimum absolute atomic E-state index is 0.102. The Labute approximate surface area is 198 Å². The normalized spacial score (nSPS) is 11.1. The lowest BCUT2D eigenvalue weighted by Crippen LogP contribution is -2.24. The molecule has 3 rings (SSSR count). The van der Waals surface area contributed by atoms with E-state index in [1.165, 1.54) is 6.21 Å². The molecule has 1 amide bonds. The van der Waals surface area contributed by atoms with Crippen LogP contribution in [0.25, 0.3) is 10.8 Å². The zero-order chi connectivity index (χ0) is 22.4. The van der Waals surface area contributed by atoms with Gasteiger partial charge in [0.25, 0.3) is 5.91 Å². The maximum Gasteiger partial charge on any atom is 0.277 e. The molecule has 0 aliphatic rings. The number of nitrogens with zero attached hydrogens (tertiary/aromatic N) is 2. The second-order valence-electron chi connectivity index (χ2n) is 6.74. The number of amides is 1. The first-order valence-electron chi connectivity index (χ1n) is 9.83. The van der Waals surface area contributed by atoms with Crippen LogP contribution in [0.5, 0.6) is 11.5 Å². The average Bonchev–Trinajstić information content (AvgIpc) is 2.75. The van der Waals surface area contributed by atoms with Gasteiger partial charge in [-0.25, -0.2) is 5.43 Å². The summed E-state index contributed by atoms with van der Waals surface area (Å²) in [5.74, 6) is 0.266. The number of benzene rings is 3. The van der Waals surface area contributed by atoms with E-state index in [-0.39, 0.29) is 12.4 Å². The van der Waals surface area contributed by atoms with Crippen molar-refractivity contribution in [1.82, 2.24) is 5.43 Å². The second kappa shape index (κ2) is 10.6. The smallest absolute Gasteiger partial charge is 0.277 e. The molecule has 6 nitrogen and oxygen atoms in total. The van der Waals surface area contributed by atoms with Gasteiger partial charge in [0.15, 0.2) is 6.61 Å². The lowest BCUT2D eigenvalue weighted by atomic mass is 10.1. The molecule has 0 aliphatic carbocycles. The van der Waals surface area contributed by atoms with Gasteiger partial charge in [-0.1, -0.05) is 28.1 Å². The molecule has 8 heteroatoms. The van der Waals surface area contributed by atoms with Gasteiger partial charge < -0.3 is 14.7 Å². The molecule has 0 unspecified atom stereocenters. The van der Waals surface area contributed by atoms with E-state index in [4.69, 9.17) is 4.74 Å². The number of halogens is 2. The summed E-state index contributed by atoms with van der Waals surface area (Å²) in [6.07, 6.45) is 1.41. The van der Waals surface area contributed by atoms with E-state index in [1.807, 2.05) is 36.4 Å². The highest BCUT2D eigenvalue weighted by Crippen LogP contribution is 2.34. The molecule has 0 bridgehead atoms. The molecule has 162 valence electrons. The summed E-state index contributed by atoms with van der Waals surface area (Å²) in [7, 11) is 0. The van der Waals surface area contributed by atoms with Gasteiger partial charge in [-0.05, 0) is 70.9 Å². The minimum Gasteiger partial charge on any atom is -0.507 e. The molecule has 0 saturated heterocycles. The van der Waals surface area contributed by atoms with Crippen molar-refractivity contribution in [3.05, 3.63) is 63.0 Å². The summed E-state index contributed by atoms with van der Waals surface area (Å²) in [5, 5.41) is 16.2. The fourth-order valence-electron chi connectivity index (χ4n) is 3.13. The van der Waals surface area contributed by atoms with Crippen LogP contribution in [0.1, 0.15) is 19.4 Å². The Morgan fingerprint density at radius 2 is 1.90 bits per heavy atom. The van der Waals surface area contributed by atoms with Crippen molar-refractivity contribution in [2.45, 2.75) is 13.8 Å². The molecule has 0 spiro atoms. The van der Waals surface area contributed by atoms with Crippen molar-refractivity contribution >= 4 is 60.4 Å². The van der Waals surface area contributed by atoms with Crippen molar-refractivity contribution in [2.24, 2.45) is 5.10 Å². The van der Waals surface area contributed by atoms with E-state index >= 15 is 0 Å².